The van der Waals surface area contributed by atoms with Gasteiger partial charge in [0.1, 0.15) is 5.82 Å². The van der Waals surface area contributed by atoms with Gasteiger partial charge in [-0.15, -0.1) is 0 Å². The van der Waals surface area contributed by atoms with E-state index in [2.05, 4.69) is 6.92 Å². The largest absolute Gasteiger partial charge is 0.493 e. The van der Waals surface area contributed by atoms with Gasteiger partial charge in [0.25, 0.3) is 0 Å². The van der Waals surface area contributed by atoms with Crippen molar-refractivity contribution in [2.24, 2.45) is 0 Å². The van der Waals surface area contributed by atoms with E-state index in [-0.39, 0.29) is 11.7 Å². The predicted octanol–water partition coefficient (Wildman–Crippen LogP) is 5.77. The van der Waals surface area contributed by atoms with Gasteiger partial charge in [0, 0.05) is 19.5 Å². The van der Waals surface area contributed by atoms with E-state index < -0.39 is 0 Å². The molecular formula is C25H34FNO3. The zero-order chi connectivity index (χ0) is 21.8. The van der Waals surface area contributed by atoms with Gasteiger partial charge in [-0.05, 0) is 48.2 Å². The maximum Gasteiger partial charge on any atom is 0.222 e. The van der Waals surface area contributed by atoms with Crippen LogP contribution in [0, 0.1) is 5.82 Å². The first kappa shape index (κ1) is 23.7. The highest BCUT2D eigenvalue weighted by atomic mass is 19.1. The molecular weight excluding hydrogens is 381 g/mol. The van der Waals surface area contributed by atoms with Crippen molar-refractivity contribution >= 4 is 5.91 Å². The highest BCUT2D eigenvalue weighted by Crippen LogP contribution is 2.27. The molecule has 2 aromatic rings. The lowest BCUT2D eigenvalue weighted by Crippen LogP contribution is -2.32. The molecule has 0 saturated heterocycles. The third-order valence-electron chi connectivity index (χ3n) is 5.25. The first-order chi connectivity index (χ1) is 14.6. The molecule has 5 heteroatoms. The minimum Gasteiger partial charge on any atom is -0.493 e. The van der Waals surface area contributed by atoms with E-state index in [4.69, 9.17) is 9.47 Å². The molecule has 164 valence electrons. The van der Waals surface area contributed by atoms with Crippen molar-refractivity contribution in [1.29, 1.82) is 0 Å². The van der Waals surface area contributed by atoms with Crippen LogP contribution in [-0.4, -0.2) is 31.6 Å². The third-order valence-corrected chi connectivity index (χ3v) is 5.25. The number of ether oxygens (including phenoxy) is 2. The van der Waals surface area contributed by atoms with Crippen LogP contribution in [0.4, 0.5) is 4.39 Å². The standard InChI is InChI=1S/C25H34FNO3/c1-4-5-6-7-8-9-25(28)27(19-21-10-13-22(26)14-11-21)17-16-20-12-15-23(29-2)24(18-20)30-3/h10-15,18H,4-9,16-17,19H2,1-3H3. The average Bonchev–Trinajstić information content (AvgIpc) is 2.77. The van der Waals surface area contributed by atoms with Crippen molar-refractivity contribution in [2.75, 3.05) is 20.8 Å². The Balaban J connectivity index is 2.02. The molecule has 0 fully saturated rings. The molecule has 0 atom stereocenters. The number of nitrogens with zero attached hydrogens (tertiary/aromatic N) is 1. The molecule has 2 rings (SSSR count). The van der Waals surface area contributed by atoms with Crippen molar-refractivity contribution in [3.63, 3.8) is 0 Å². The quantitative estimate of drug-likeness (QED) is 0.390. The second kappa shape index (κ2) is 12.9. The Labute approximate surface area is 180 Å². The fourth-order valence-electron chi connectivity index (χ4n) is 3.44. The fourth-order valence-corrected chi connectivity index (χ4v) is 3.44. The molecule has 0 aromatic heterocycles. The van der Waals surface area contributed by atoms with Crippen molar-refractivity contribution in [3.05, 3.63) is 59.4 Å². The highest BCUT2D eigenvalue weighted by molar-refractivity contribution is 5.76. The highest BCUT2D eigenvalue weighted by Gasteiger charge is 2.15. The van der Waals surface area contributed by atoms with Crippen molar-refractivity contribution in [2.45, 2.75) is 58.4 Å². The van der Waals surface area contributed by atoms with Gasteiger partial charge < -0.3 is 14.4 Å². The summed E-state index contributed by atoms with van der Waals surface area (Å²) in [7, 11) is 3.23. The molecule has 0 saturated carbocycles. The van der Waals surface area contributed by atoms with Gasteiger partial charge in [0.2, 0.25) is 5.91 Å². The predicted molar refractivity (Wildman–Crippen MR) is 118 cm³/mol. The zero-order valence-electron chi connectivity index (χ0n) is 18.5. The van der Waals surface area contributed by atoms with Gasteiger partial charge in [-0.25, -0.2) is 4.39 Å². The number of benzene rings is 2. The lowest BCUT2D eigenvalue weighted by Gasteiger charge is -2.23. The Kier molecular flexibility index (Phi) is 10.2. The third kappa shape index (κ3) is 7.69. The number of carbonyl (C=O) groups is 1. The summed E-state index contributed by atoms with van der Waals surface area (Å²) in [5, 5.41) is 0. The number of carbonyl (C=O) groups excluding carboxylic acids is 1. The summed E-state index contributed by atoms with van der Waals surface area (Å²) in [5.41, 5.74) is 2.01. The van der Waals surface area contributed by atoms with E-state index in [1.807, 2.05) is 23.1 Å². The first-order valence-corrected chi connectivity index (χ1v) is 10.8. The van der Waals surface area contributed by atoms with Crippen LogP contribution >= 0.6 is 0 Å². The molecule has 0 radical (unpaired) electrons. The Morgan fingerprint density at radius 2 is 1.57 bits per heavy atom. The van der Waals surface area contributed by atoms with Crippen LogP contribution in [0.2, 0.25) is 0 Å². The topological polar surface area (TPSA) is 38.8 Å². The molecule has 0 aliphatic heterocycles. The summed E-state index contributed by atoms with van der Waals surface area (Å²) in [6.45, 7) is 3.27. The van der Waals surface area contributed by atoms with Crippen LogP contribution in [0.3, 0.4) is 0 Å². The second-order valence-corrected chi connectivity index (χ2v) is 7.55. The van der Waals surface area contributed by atoms with E-state index in [1.54, 1.807) is 26.4 Å². The molecule has 0 spiro atoms. The second-order valence-electron chi connectivity index (χ2n) is 7.55. The summed E-state index contributed by atoms with van der Waals surface area (Å²) in [5.74, 6) is 1.25. The molecule has 0 heterocycles. The number of rotatable bonds is 13. The van der Waals surface area contributed by atoms with Crippen LogP contribution < -0.4 is 9.47 Å². The van der Waals surface area contributed by atoms with Crippen LogP contribution in [0.1, 0.15) is 56.6 Å². The molecule has 0 aliphatic rings. The van der Waals surface area contributed by atoms with E-state index in [0.717, 1.165) is 24.0 Å². The SMILES string of the molecule is CCCCCCCC(=O)N(CCc1ccc(OC)c(OC)c1)Cc1ccc(F)cc1. The number of halogens is 1. The van der Waals surface area contributed by atoms with Gasteiger partial charge in [0.15, 0.2) is 11.5 Å². The van der Waals surface area contributed by atoms with E-state index in [9.17, 15) is 9.18 Å². The number of amides is 1. The lowest BCUT2D eigenvalue weighted by molar-refractivity contribution is -0.131. The Bertz CT molecular complexity index is 776. The van der Waals surface area contributed by atoms with Gasteiger partial charge in [0.05, 0.1) is 14.2 Å². The number of unbranched alkanes of at least 4 members (excludes halogenated alkanes) is 4. The minimum absolute atomic E-state index is 0.149. The maximum atomic E-state index is 13.3. The first-order valence-electron chi connectivity index (χ1n) is 10.8. The molecule has 30 heavy (non-hydrogen) atoms. The smallest absolute Gasteiger partial charge is 0.222 e. The molecule has 4 nitrogen and oxygen atoms in total. The van der Waals surface area contributed by atoms with Crippen molar-refractivity contribution < 1.29 is 18.7 Å². The average molecular weight is 416 g/mol. The van der Waals surface area contributed by atoms with Gasteiger partial charge in [-0.2, -0.15) is 0 Å². The summed E-state index contributed by atoms with van der Waals surface area (Å²) < 4.78 is 23.9. The van der Waals surface area contributed by atoms with E-state index >= 15 is 0 Å². The summed E-state index contributed by atoms with van der Waals surface area (Å²) >= 11 is 0. The molecule has 0 bridgehead atoms. The minimum atomic E-state index is -0.266. The normalized spacial score (nSPS) is 10.7. The number of methoxy groups -OCH3 is 2. The molecule has 0 aliphatic carbocycles. The summed E-state index contributed by atoms with van der Waals surface area (Å²) in [6, 6.07) is 12.2. The monoisotopic (exact) mass is 415 g/mol. The zero-order valence-corrected chi connectivity index (χ0v) is 18.5. The lowest BCUT2D eigenvalue weighted by atomic mass is 10.1. The van der Waals surface area contributed by atoms with Gasteiger partial charge >= 0.3 is 0 Å². The van der Waals surface area contributed by atoms with Crippen LogP contribution in [0.25, 0.3) is 0 Å². The fraction of sp³-hybridized carbons (Fsp3) is 0.480. The van der Waals surface area contributed by atoms with Crippen LogP contribution in [0.5, 0.6) is 11.5 Å². The van der Waals surface area contributed by atoms with Crippen LogP contribution in [-0.2, 0) is 17.8 Å². The Morgan fingerprint density at radius 1 is 0.900 bits per heavy atom. The Hall–Kier alpha value is -2.56. The number of hydrogen-bond acceptors (Lipinski definition) is 3. The van der Waals surface area contributed by atoms with E-state index in [0.29, 0.717) is 37.4 Å². The Morgan fingerprint density at radius 3 is 2.23 bits per heavy atom. The molecule has 2 aromatic carbocycles. The number of hydrogen-bond donors (Lipinski definition) is 0. The van der Waals surface area contributed by atoms with Gasteiger partial charge in [-0.1, -0.05) is 50.8 Å². The molecule has 0 N–H and O–H groups in total. The summed E-state index contributed by atoms with van der Waals surface area (Å²) in [4.78, 5) is 14.8. The van der Waals surface area contributed by atoms with Crippen LogP contribution in [0.15, 0.2) is 42.5 Å². The molecule has 0 unspecified atom stereocenters. The van der Waals surface area contributed by atoms with E-state index in [1.165, 1.54) is 31.4 Å². The molecule has 1 amide bonds. The van der Waals surface area contributed by atoms with Crippen molar-refractivity contribution in [3.8, 4) is 11.5 Å². The summed E-state index contributed by atoms with van der Waals surface area (Å²) in [6.07, 6.45) is 6.84. The van der Waals surface area contributed by atoms with Gasteiger partial charge in [-0.3, -0.25) is 4.79 Å². The van der Waals surface area contributed by atoms with Crippen molar-refractivity contribution in [1.82, 2.24) is 4.90 Å². The maximum absolute atomic E-state index is 13.3.